The Labute approximate surface area is 140 Å². The van der Waals surface area contributed by atoms with Crippen LogP contribution in [0.15, 0.2) is 0 Å². The molecule has 22 heavy (non-hydrogen) atoms. The van der Waals surface area contributed by atoms with Crippen molar-refractivity contribution in [3.05, 3.63) is 0 Å². The lowest BCUT2D eigenvalue weighted by Gasteiger charge is -2.33. The Hall–Kier alpha value is 0.0569. The van der Waals surface area contributed by atoms with Crippen molar-refractivity contribution in [3.63, 3.8) is 0 Å². The predicted octanol–water partition coefficient (Wildman–Crippen LogP) is 4.36. The molecule has 0 N–H and O–H groups in total. The van der Waals surface area contributed by atoms with Crippen LogP contribution in [0.3, 0.4) is 0 Å². The molecule has 0 saturated heterocycles. The predicted molar refractivity (Wildman–Crippen MR) is 90.9 cm³/mol. The van der Waals surface area contributed by atoms with Gasteiger partial charge in [-0.3, -0.25) is 0 Å². The number of rotatable bonds is 17. The van der Waals surface area contributed by atoms with Gasteiger partial charge >= 0.3 is 5.97 Å². The van der Waals surface area contributed by atoms with E-state index < -0.39 is 5.97 Å². The molecular weight excluding hydrogens is 296 g/mol. The molecule has 0 atom stereocenters. The highest BCUT2D eigenvalue weighted by Gasteiger charge is 2.33. The highest BCUT2D eigenvalue weighted by Crippen LogP contribution is 2.19. The van der Waals surface area contributed by atoms with Crippen LogP contribution in [0.1, 0.15) is 78.6 Å². The quantitative estimate of drug-likeness (QED) is 0.225. The minimum atomic E-state index is -1.07. The second kappa shape index (κ2) is 15.9. The Morgan fingerprint density at radius 1 is 0.636 bits per heavy atom. The molecule has 0 fully saturated rings. The van der Waals surface area contributed by atoms with Gasteiger partial charge in [0.25, 0.3) is 0 Å². The summed E-state index contributed by atoms with van der Waals surface area (Å²) >= 11 is 0. The third-order valence-electron chi connectivity index (χ3n) is 3.46. The van der Waals surface area contributed by atoms with Crippen LogP contribution >= 0.6 is 0 Å². The van der Waals surface area contributed by atoms with Gasteiger partial charge < -0.3 is 18.6 Å². The van der Waals surface area contributed by atoms with Crippen molar-refractivity contribution >= 4 is 10.5 Å². The average molecular weight is 332 g/mol. The fraction of sp³-hybridized carbons (Fsp3) is 1.00. The van der Waals surface area contributed by atoms with Crippen molar-refractivity contribution in [2.45, 2.75) is 84.5 Å². The lowest BCUT2D eigenvalue weighted by Crippen LogP contribution is -2.44. The molecule has 131 valence electrons. The van der Waals surface area contributed by atoms with Gasteiger partial charge in [0.05, 0.1) is 19.8 Å². The Kier molecular flexibility index (Phi) is 16.0. The summed E-state index contributed by atoms with van der Waals surface area (Å²) in [4.78, 5) is 0. The molecule has 0 amide bonds. The van der Waals surface area contributed by atoms with E-state index in [9.17, 15) is 0 Å². The Balaban J connectivity index is 4.39. The van der Waals surface area contributed by atoms with E-state index in [1.165, 1.54) is 19.3 Å². The minimum Gasteiger partial charge on any atom is -0.410 e. The molecule has 0 rings (SSSR count). The normalized spacial score (nSPS) is 12.0. The standard InChI is InChI=1S/C17H35O4Si/c1-4-7-10-13-18-17(16-21-22,19-14-11-8-5-2)20-15-12-9-6-3/h4-16H2,1-3H3. The average Bonchev–Trinajstić information content (AvgIpc) is 2.53. The molecule has 0 aromatic carbocycles. The second-order valence-corrected chi connectivity index (χ2v) is 5.93. The molecule has 0 aromatic heterocycles. The summed E-state index contributed by atoms with van der Waals surface area (Å²) in [5, 5.41) is 0. The summed E-state index contributed by atoms with van der Waals surface area (Å²) in [6, 6.07) is 0. The van der Waals surface area contributed by atoms with E-state index in [1.807, 2.05) is 0 Å². The summed E-state index contributed by atoms with van der Waals surface area (Å²) in [5.41, 5.74) is 0. The number of unbranched alkanes of at least 4 members (excludes halogenated alkanes) is 6. The largest absolute Gasteiger partial charge is 0.410 e. The van der Waals surface area contributed by atoms with E-state index in [4.69, 9.17) is 18.6 Å². The summed E-state index contributed by atoms with van der Waals surface area (Å²) in [5.74, 6) is -1.07. The van der Waals surface area contributed by atoms with Crippen molar-refractivity contribution in [1.29, 1.82) is 0 Å². The van der Waals surface area contributed by atoms with E-state index in [-0.39, 0.29) is 6.61 Å². The van der Waals surface area contributed by atoms with Crippen LogP contribution in [0.5, 0.6) is 0 Å². The van der Waals surface area contributed by atoms with Crippen LogP contribution in [0.25, 0.3) is 0 Å². The van der Waals surface area contributed by atoms with Crippen LogP contribution in [0.2, 0.25) is 0 Å². The second-order valence-electron chi connectivity index (χ2n) is 5.64. The van der Waals surface area contributed by atoms with Gasteiger partial charge in [0, 0.05) is 0 Å². The monoisotopic (exact) mass is 331 g/mol. The van der Waals surface area contributed by atoms with E-state index in [2.05, 4.69) is 31.3 Å². The first-order valence-electron chi connectivity index (χ1n) is 8.95. The fourth-order valence-electron chi connectivity index (χ4n) is 2.08. The molecule has 3 radical (unpaired) electrons. The molecule has 0 unspecified atom stereocenters. The number of hydrogen-bond acceptors (Lipinski definition) is 4. The zero-order valence-electron chi connectivity index (χ0n) is 14.8. The van der Waals surface area contributed by atoms with Gasteiger partial charge in [-0.05, 0) is 19.3 Å². The third kappa shape index (κ3) is 11.6. The summed E-state index contributed by atoms with van der Waals surface area (Å²) in [6.07, 6.45) is 9.98. The van der Waals surface area contributed by atoms with Gasteiger partial charge in [0.15, 0.2) is 0 Å². The van der Waals surface area contributed by atoms with Gasteiger partial charge in [-0.1, -0.05) is 59.3 Å². The molecule has 0 aliphatic rings. The van der Waals surface area contributed by atoms with Gasteiger partial charge in [-0.15, -0.1) is 0 Å². The lowest BCUT2D eigenvalue weighted by atomic mass is 10.2. The Morgan fingerprint density at radius 3 is 1.27 bits per heavy atom. The lowest BCUT2D eigenvalue weighted by molar-refractivity contribution is -0.389. The zero-order chi connectivity index (χ0) is 16.5. The van der Waals surface area contributed by atoms with E-state index in [0.29, 0.717) is 19.8 Å². The number of hydrogen-bond donors (Lipinski definition) is 0. The topological polar surface area (TPSA) is 36.9 Å². The first kappa shape index (κ1) is 22.1. The van der Waals surface area contributed by atoms with E-state index in [1.54, 1.807) is 0 Å². The maximum absolute atomic E-state index is 5.93. The highest BCUT2D eigenvalue weighted by molar-refractivity contribution is 5.97. The molecule has 4 nitrogen and oxygen atoms in total. The SMILES string of the molecule is CCCCCOC(CO[Si])(OCCCCC)OCCCCC. The van der Waals surface area contributed by atoms with Gasteiger partial charge in [0.2, 0.25) is 10.5 Å². The van der Waals surface area contributed by atoms with E-state index in [0.717, 1.165) is 38.5 Å². The molecular formula is C17H35O4Si. The van der Waals surface area contributed by atoms with Crippen molar-refractivity contribution < 1.29 is 18.6 Å². The number of ether oxygens (including phenoxy) is 3. The first-order chi connectivity index (χ1) is 10.7. The van der Waals surface area contributed by atoms with Gasteiger partial charge in [0.1, 0.15) is 6.61 Å². The Bertz CT molecular complexity index is 195. The third-order valence-corrected chi connectivity index (χ3v) is 3.60. The van der Waals surface area contributed by atoms with Crippen LogP contribution in [-0.2, 0) is 18.6 Å². The first-order valence-corrected chi connectivity index (χ1v) is 9.35. The van der Waals surface area contributed by atoms with Crippen LogP contribution < -0.4 is 0 Å². The van der Waals surface area contributed by atoms with Crippen LogP contribution in [0, 0.1) is 0 Å². The summed E-state index contributed by atoms with van der Waals surface area (Å²) < 4.78 is 22.9. The van der Waals surface area contributed by atoms with Crippen molar-refractivity contribution in [1.82, 2.24) is 0 Å². The molecule has 0 heterocycles. The van der Waals surface area contributed by atoms with Crippen molar-refractivity contribution in [3.8, 4) is 0 Å². The Morgan fingerprint density at radius 2 is 1.00 bits per heavy atom. The van der Waals surface area contributed by atoms with E-state index >= 15 is 0 Å². The van der Waals surface area contributed by atoms with Crippen molar-refractivity contribution in [2.75, 3.05) is 26.4 Å². The van der Waals surface area contributed by atoms with Crippen LogP contribution in [0.4, 0.5) is 0 Å². The molecule has 0 aliphatic carbocycles. The summed E-state index contributed by atoms with van der Waals surface area (Å²) in [7, 11) is 3.06. The molecule has 5 heteroatoms. The van der Waals surface area contributed by atoms with Gasteiger partial charge in [-0.25, -0.2) is 0 Å². The highest BCUT2D eigenvalue weighted by atomic mass is 28.2. The van der Waals surface area contributed by atoms with Crippen LogP contribution in [-0.4, -0.2) is 42.9 Å². The molecule has 0 aliphatic heterocycles. The zero-order valence-corrected chi connectivity index (χ0v) is 15.8. The molecule has 0 aromatic rings. The molecule has 0 bridgehead atoms. The maximum atomic E-state index is 5.93. The van der Waals surface area contributed by atoms with Gasteiger partial charge in [-0.2, -0.15) is 0 Å². The molecule has 0 saturated carbocycles. The fourth-order valence-corrected chi connectivity index (χ4v) is 2.25. The van der Waals surface area contributed by atoms with Crippen molar-refractivity contribution in [2.24, 2.45) is 0 Å². The molecule has 0 spiro atoms. The summed E-state index contributed by atoms with van der Waals surface area (Å²) in [6.45, 7) is 8.65. The maximum Gasteiger partial charge on any atom is 0.306 e. The minimum absolute atomic E-state index is 0.230. The smallest absolute Gasteiger partial charge is 0.306 e.